The minimum atomic E-state index is -0.717. The molecule has 0 aromatic rings. The molecule has 6 nitrogen and oxygen atoms in total. The van der Waals surface area contributed by atoms with Crippen LogP contribution in [0.3, 0.4) is 0 Å². The van der Waals surface area contributed by atoms with Gasteiger partial charge in [0.05, 0.1) is 13.7 Å². The molecule has 3 N–H and O–H groups in total. The molecule has 0 bridgehead atoms. The molecule has 0 radical (unpaired) electrons. The molecule has 2 amide bonds. The quantitative estimate of drug-likeness (QED) is 0.722. The lowest BCUT2D eigenvalue weighted by atomic mass is 10.0. The van der Waals surface area contributed by atoms with E-state index in [1.165, 1.54) is 7.11 Å². The first-order valence-electron chi connectivity index (χ1n) is 5.86. The van der Waals surface area contributed by atoms with Gasteiger partial charge in [-0.15, -0.1) is 0 Å². The number of hydrogen-bond donors (Lipinski definition) is 2. The summed E-state index contributed by atoms with van der Waals surface area (Å²) in [5.41, 5.74) is 5.69. The number of rotatable bonds is 4. The summed E-state index contributed by atoms with van der Waals surface area (Å²) in [6.45, 7) is 0.837. The number of amides is 2. The van der Waals surface area contributed by atoms with E-state index in [0.717, 1.165) is 19.3 Å². The Balaban J connectivity index is 2.40. The summed E-state index contributed by atoms with van der Waals surface area (Å²) < 4.78 is 4.36. The number of nitrogens with one attached hydrogen (secondary N) is 1. The van der Waals surface area contributed by atoms with Crippen molar-refractivity contribution in [2.24, 2.45) is 11.7 Å². The Hall–Kier alpha value is -1.14. The molecule has 1 aliphatic rings. The maximum absolute atomic E-state index is 11.5. The maximum Gasteiger partial charge on any atom is 0.413 e. The van der Waals surface area contributed by atoms with Crippen LogP contribution in [0.25, 0.3) is 0 Å². The van der Waals surface area contributed by atoms with Crippen molar-refractivity contribution in [1.82, 2.24) is 10.2 Å². The van der Waals surface area contributed by atoms with Gasteiger partial charge in [-0.2, -0.15) is 0 Å². The predicted molar refractivity (Wildman–Crippen MR) is 63.4 cm³/mol. The number of likely N-dealkylation sites (N-methyl/N-ethyl adjacent to an activating group) is 1. The van der Waals surface area contributed by atoms with E-state index < -0.39 is 6.09 Å². The molecule has 1 fully saturated rings. The van der Waals surface area contributed by atoms with Gasteiger partial charge < -0.3 is 10.5 Å². The third-order valence-electron chi connectivity index (χ3n) is 3.31. The van der Waals surface area contributed by atoms with Crippen LogP contribution in [0.4, 0.5) is 4.79 Å². The summed E-state index contributed by atoms with van der Waals surface area (Å²) in [7, 11) is 3.11. The van der Waals surface area contributed by atoms with Crippen LogP contribution in [-0.2, 0) is 9.53 Å². The Labute approximate surface area is 101 Å². The Bertz CT molecular complexity index is 283. The second-order valence-corrected chi connectivity index (χ2v) is 4.45. The molecule has 0 aliphatic heterocycles. The molecule has 98 valence electrons. The number of hydrogen-bond acceptors (Lipinski definition) is 5. The molecule has 0 heterocycles. The molecule has 0 spiro atoms. The van der Waals surface area contributed by atoms with Gasteiger partial charge in [0, 0.05) is 6.04 Å². The molecule has 1 rings (SSSR count). The lowest BCUT2D eigenvalue weighted by molar-refractivity contribution is -0.121. The minimum Gasteiger partial charge on any atom is -0.453 e. The smallest absolute Gasteiger partial charge is 0.413 e. The van der Waals surface area contributed by atoms with E-state index in [0.29, 0.717) is 18.5 Å². The van der Waals surface area contributed by atoms with E-state index >= 15 is 0 Å². The van der Waals surface area contributed by atoms with Crippen molar-refractivity contribution in [3.63, 3.8) is 0 Å². The molecule has 0 aromatic carbocycles. The normalized spacial score (nSPS) is 23.8. The highest BCUT2D eigenvalue weighted by Crippen LogP contribution is 2.28. The van der Waals surface area contributed by atoms with Crippen molar-refractivity contribution >= 4 is 12.0 Å². The number of ether oxygens (including phenoxy) is 1. The predicted octanol–water partition coefficient (Wildman–Crippen LogP) is -0.0718. The molecule has 6 heteroatoms. The maximum atomic E-state index is 11.5. The van der Waals surface area contributed by atoms with Gasteiger partial charge in [-0.25, -0.2) is 4.79 Å². The number of alkyl carbamates (subject to hydrolysis) is 1. The number of carbonyl (C=O) groups is 2. The molecule has 2 unspecified atom stereocenters. The Kier molecular flexibility index (Phi) is 5.37. The molecular weight excluding hydrogens is 222 g/mol. The SMILES string of the molecule is COC(=O)NC(=O)CN(C)C1CCCC1CN. The van der Waals surface area contributed by atoms with Gasteiger partial charge in [0.2, 0.25) is 5.91 Å². The number of nitrogens with zero attached hydrogens (tertiary/aromatic N) is 1. The summed E-state index contributed by atoms with van der Waals surface area (Å²) in [5.74, 6) is 0.105. The first-order valence-corrected chi connectivity index (χ1v) is 5.86. The third kappa shape index (κ3) is 3.98. The van der Waals surface area contributed by atoms with Crippen LogP contribution in [0.1, 0.15) is 19.3 Å². The fourth-order valence-electron chi connectivity index (χ4n) is 2.42. The molecule has 1 saturated carbocycles. The topological polar surface area (TPSA) is 84.7 Å². The number of methoxy groups -OCH3 is 1. The van der Waals surface area contributed by atoms with Crippen LogP contribution in [0.2, 0.25) is 0 Å². The zero-order chi connectivity index (χ0) is 12.8. The van der Waals surface area contributed by atoms with Gasteiger partial charge in [-0.3, -0.25) is 15.0 Å². The zero-order valence-electron chi connectivity index (χ0n) is 10.4. The van der Waals surface area contributed by atoms with E-state index in [2.05, 4.69) is 10.1 Å². The summed E-state index contributed by atoms with van der Waals surface area (Å²) in [4.78, 5) is 24.3. The number of nitrogens with two attached hydrogens (primary N) is 1. The zero-order valence-corrected chi connectivity index (χ0v) is 10.4. The van der Waals surface area contributed by atoms with E-state index in [4.69, 9.17) is 5.73 Å². The standard InChI is InChI=1S/C11H21N3O3/c1-14(7-10(15)13-11(16)17-2)9-5-3-4-8(9)6-12/h8-9H,3-7,12H2,1-2H3,(H,13,15,16). The second kappa shape index (κ2) is 6.56. The average Bonchev–Trinajstić information content (AvgIpc) is 2.76. The highest BCUT2D eigenvalue weighted by atomic mass is 16.5. The van der Waals surface area contributed by atoms with Crippen LogP contribution in [0.5, 0.6) is 0 Å². The fraction of sp³-hybridized carbons (Fsp3) is 0.818. The largest absolute Gasteiger partial charge is 0.453 e. The van der Waals surface area contributed by atoms with Crippen LogP contribution in [-0.4, -0.2) is 50.2 Å². The summed E-state index contributed by atoms with van der Waals surface area (Å²) in [5, 5.41) is 2.14. The first-order chi connectivity index (χ1) is 8.08. The Morgan fingerprint density at radius 2 is 2.18 bits per heavy atom. The summed E-state index contributed by atoms with van der Waals surface area (Å²) in [6.07, 6.45) is 2.61. The third-order valence-corrected chi connectivity index (χ3v) is 3.31. The molecular formula is C11H21N3O3. The van der Waals surface area contributed by atoms with E-state index in [1.807, 2.05) is 11.9 Å². The van der Waals surface area contributed by atoms with Crippen molar-refractivity contribution in [2.75, 3.05) is 27.2 Å². The average molecular weight is 243 g/mol. The highest BCUT2D eigenvalue weighted by molar-refractivity contribution is 5.92. The molecule has 17 heavy (non-hydrogen) atoms. The minimum absolute atomic E-state index is 0.191. The van der Waals surface area contributed by atoms with E-state index in [1.54, 1.807) is 0 Å². The van der Waals surface area contributed by atoms with Crippen molar-refractivity contribution in [3.8, 4) is 0 Å². The summed E-state index contributed by atoms with van der Waals surface area (Å²) >= 11 is 0. The monoisotopic (exact) mass is 243 g/mol. The van der Waals surface area contributed by atoms with Crippen LogP contribution in [0, 0.1) is 5.92 Å². The van der Waals surface area contributed by atoms with Gasteiger partial charge in [0.15, 0.2) is 0 Å². The van der Waals surface area contributed by atoms with E-state index in [9.17, 15) is 9.59 Å². The van der Waals surface area contributed by atoms with E-state index in [-0.39, 0.29) is 12.5 Å². The highest BCUT2D eigenvalue weighted by Gasteiger charge is 2.30. The van der Waals surface area contributed by atoms with Gasteiger partial charge in [0.25, 0.3) is 0 Å². The molecule has 0 saturated heterocycles. The first kappa shape index (κ1) is 13.9. The number of imide groups is 1. The van der Waals surface area contributed by atoms with Crippen molar-refractivity contribution in [3.05, 3.63) is 0 Å². The van der Waals surface area contributed by atoms with Gasteiger partial charge >= 0.3 is 6.09 Å². The van der Waals surface area contributed by atoms with Gasteiger partial charge in [-0.05, 0) is 32.4 Å². The van der Waals surface area contributed by atoms with Crippen molar-refractivity contribution in [2.45, 2.75) is 25.3 Å². The molecule has 2 atom stereocenters. The summed E-state index contributed by atoms with van der Waals surface area (Å²) in [6, 6.07) is 0.336. The molecule has 1 aliphatic carbocycles. The van der Waals surface area contributed by atoms with Gasteiger partial charge in [0.1, 0.15) is 0 Å². The van der Waals surface area contributed by atoms with Crippen LogP contribution < -0.4 is 11.1 Å². The van der Waals surface area contributed by atoms with Gasteiger partial charge in [-0.1, -0.05) is 6.42 Å². The Morgan fingerprint density at radius 3 is 2.76 bits per heavy atom. The Morgan fingerprint density at radius 1 is 1.47 bits per heavy atom. The fourth-order valence-corrected chi connectivity index (χ4v) is 2.42. The van der Waals surface area contributed by atoms with Crippen LogP contribution >= 0.6 is 0 Å². The van der Waals surface area contributed by atoms with Crippen molar-refractivity contribution < 1.29 is 14.3 Å². The van der Waals surface area contributed by atoms with Crippen LogP contribution in [0.15, 0.2) is 0 Å². The number of carbonyl (C=O) groups excluding carboxylic acids is 2. The lowest BCUT2D eigenvalue weighted by Crippen LogP contribution is -2.44. The van der Waals surface area contributed by atoms with Crippen molar-refractivity contribution in [1.29, 1.82) is 0 Å². The lowest BCUT2D eigenvalue weighted by Gasteiger charge is -2.28. The second-order valence-electron chi connectivity index (χ2n) is 4.45. The molecule has 0 aromatic heterocycles.